The van der Waals surface area contributed by atoms with E-state index in [-0.39, 0.29) is 5.11 Å². The molecule has 4 rings (SSSR count). The van der Waals surface area contributed by atoms with Gasteiger partial charge in [-0.1, -0.05) is 31.4 Å². The van der Waals surface area contributed by atoms with Gasteiger partial charge in [-0.25, -0.2) is 4.98 Å². The van der Waals surface area contributed by atoms with Gasteiger partial charge in [-0.15, -0.1) is 0 Å². The molecular formula is C21H24N6S. The van der Waals surface area contributed by atoms with Crippen LogP contribution in [0.25, 0.3) is 22.6 Å². The first-order chi connectivity index (χ1) is 13.6. The lowest BCUT2D eigenvalue weighted by Gasteiger charge is -2.25. The molecule has 6 nitrogen and oxygen atoms in total. The summed E-state index contributed by atoms with van der Waals surface area (Å²) in [6.07, 6.45) is 8.04. The average Bonchev–Trinajstić information content (AvgIpc) is 3.12. The predicted octanol–water partition coefficient (Wildman–Crippen LogP) is 4.16. The molecule has 0 atom stereocenters. The van der Waals surface area contributed by atoms with E-state index in [1.165, 1.54) is 32.1 Å². The maximum absolute atomic E-state index is 5.47. The van der Waals surface area contributed by atoms with Gasteiger partial charge in [-0.3, -0.25) is 10.4 Å². The van der Waals surface area contributed by atoms with Crippen molar-refractivity contribution in [1.82, 2.24) is 20.0 Å². The number of aromatic nitrogens is 3. The molecule has 144 valence electrons. The van der Waals surface area contributed by atoms with Gasteiger partial charge < -0.3 is 10.3 Å². The van der Waals surface area contributed by atoms with Crippen LogP contribution in [0, 0.1) is 0 Å². The largest absolute Gasteiger partial charge is 0.375 e. The Hall–Kier alpha value is -2.80. The number of hydrogen-bond donors (Lipinski definition) is 2. The third-order valence-electron chi connectivity index (χ3n) is 5.27. The number of imidazole rings is 1. The first kappa shape index (κ1) is 18.6. The van der Waals surface area contributed by atoms with E-state index in [1.807, 2.05) is 31.3 Å². The molecule has 0 bridgehead atoms. The zero-order valence-corrected chi connectivity index (χ0v) is 16.7. The number of hydrazone groups is 1. The molecule has 0 radical (unpaired) electrons. The van der Waals surface area contributed by atoms with Crippen LogP contribution >= 0.6 is 12.2 Å². The standard InChI is InChI=1S/C21H24N6S/c1-14(25-26-21(22)28)15-10-11-19-18(13-15)24-20(17-9-5-6-12-23-17)27(19)16-7-3-2-4-8-16/h5-6,9-13,16H,2-4,7-8H2,1H3,(H3,22,26,28)/b25-14+. The van der Waals surface area contributed by atoms with Crippen LogP contribution in [0.3, 0.4) is 0 Å². The summed E-state index contributed by atoms with van der Waals surface area (Å²) in [5.41, 5.74) is 12.9. The normalized spacial score (nSPS) is 15.7. The fourth-order valence-corrected chi connectivity index (χ4v) is 3.96. The van der Waals surface area contributed by atoms with Crippen LogP contribution in [0.1, 0.15) is 50.6 Å². The fraction of sp³-hybridized carbons (Fsp3) is 0.333. The molecule has 0 aliphatic heterocycles. The molecule has 0 saturated heterocycles. The second-order valence-corrected chi connectivity index (χ2v) is 7.63. The molecule has 1 saturated carbocycles. The van der Waals surface area contributed by atoms with E-state index in [1.54, 1.807) is 0 Å². The first-order valence-corrected chi connectivity index (χ1v) is 10.1. The molecule has 0 unspecified atom stereocenters. The van der Waals surface area contributed by atoms with E-state index in [2.05, 4.69) is 38.3 Å². The molecule has 1 fully saturated rings. The molecule has 0 amide bonds. The quantitative estimate of drug-likeness (QED) is 0.396. The SMILES string of the molecule is C/C(=N\NC(N)=S)c1ccc2c(c1)nc(-c1ccccn1)n2C1CCCCC1. The van der Waals surface area contributed by atoms with Gasteiger partial charge in [0.05, 0.1) is 16.7 Å². The Bertz CT molecular complexity index is 1020. The van der Waals surface area contributed by atoms with Crippen LogP contribution < -0.4 is 11.2 Å². The van der Waals surface area contributed by atoms with Crippen LogP contribution in [0.5, 0.6) is 0 Å². The minimum Gasteiger partial charge on any atom is -0.375 e. The predicted molar refractivity (Wildman–Crippen MR) is 117 cm³/mol. The molecule has 3 aromatic rings. The van der Waals surface area contributed by atoms with Gasteiger partial charge in [0.2, 0.25) is 0 Å². The summed E-state index contributed by atoms with van der Waals surface area (Å²) in [6.45, 7) is 1.92. The van der Waals surface area contributed by atoms with Gasteiger partial charge in [0.25, 0.3) is 0 Å². The lowest BCUT2D eigenvalue weighted by atomic mass is 9.95. The Morgan fingerprint density at radius 1 is 1.21 bits per heavy atom. The molecule has 2 heterocycles. The minimum atomic E-state index is 0.152. The molecule has 1 aromatic carbocycles. The number of benzene rings is 1. The van der Waals surface area contributed by atoms with Crippen molar-refractivity contribution in [3.63, 3.8) is 0 Å². The van der Waals surface area contributed by atoms with Gasteiger partial charge in [-0.2, -0.15) is 5.10 Å². The molecule has 2 aromatic heterocycles. The summed E-state index contributed by atoms with van der Waals surface area (Å²) >= 11 is 4.82. The molecule has 7 heteroatoms. The maximum atomic E-state index is 5.47. The minimum absolute atomic E-state index is 0.152. The molecule has 1 aliphatic rings. The summed E-state index contributed by atoms with van der Waals surface area (Å²) in [5.74, 6) is 0.940. The van der Waals surface area contributed by atoms with Crippen LogP contribution in [-0.4, -0.2) is 25.4 Å². The number of thiocarbonyl (C=S) groups is 1. The van der Waals surface area contributed by atoms with E-state index in [4.69, 9.17) is 22.9 Å². The van der Waals surface area contributed by atoms with Crippen molar-refractivity contribution < 1.29 is 0 Å². The van der Waals surface area contributed by atoms with E-state index >= 15 is 0 Å². The van der Waals surface area contributed by atoms with Crippen molar-refractivity contribution in [2.75, 3.05) is 0 Å². The summed E-state index contributed by atoms with van der Waals surface area (Å²) in [7, 11) is 0. The maximum Gasteiger partial charge on any atom is 0.184 e. The number of hydrogen-bond acceptors (Lipinski definition) is 4. The highest BCUT2D eigenvalue weighted by atomic mass is 32.1. The van der Waals surface area contributed by atoms with Crippen LogP contribution in [0.4, 0.5) is 0 Å². The molecule has 1 aliphatic carbocycles. The molecule has 3 N–H and O–H groups in total. The highest BCUT2D eigenvalue weighted by Gasteiger charge is 2.23. The first-order valence-electron chi connectivity index (χ1n) is 9.67. The lowest BCUT2D eigenvalue weighted by molar-refractivity contribution is 0.362. The van der Waals surface area contributed by atoms with Gasteiger partial charge in [0.15, 0.2) is 10.9 Å². The summed E-state index contributed by atoms with van der Waals surface area (Å²) < 4.78 is 2.39. The van der Waals surface area contributed by atoms with E-state index in [0.717, 1.165) is 33.8 Å². The van der Waals surface area contributed by atoms with Gasteiger partial charge in [0.1, 0.15) is 5.69 Å². The summed E-state index contributed by atoms with van der Waals surface area (Å²) in [6, 6.07) is 12.7. The fourth-order valence-electron chi connectivity index (χ4n) is 3.91. The average molecular weight is 393 g/mol. The van der Waals surface area contributed by atoms with Gasteiger partial charge in [0, 0.05) is 12.2 Å². The van der Waals surface area contributed by atoms with E-state index < -0.39 is 0 Å². The number of nitrogens with zero attached hydrogens (tertiary/aromatic N) is 4. The zero-order valence-electron chi connectivity index (χ0n) is 15.9. The highest BCUT2D eigenvalue weighted by molar-refractivity contribution is 7.80. The summed E-state index contributed by atoms with van der Waals surface area (Å²) in [5, 5.41) is 4.38. The van der Waals surface area contributed by atoms with Crippen LogP contribution in [0.15, 0.2) is 47.7 Å². The van der Waals surface area contributed by atoms with Crippen molar-refractivity contribution in [3.8, 4) is 11.5 Å². The number of pyridine rings is 1. The lowest BCUT2D eigenvalue weighted by Crippen LogP contribution is -2.25. The van der Waals surface area contributed by atoms with Crippen LogP contribution in [0.2, 0.25) is 0 Å². The van der Waals surface area contributed by atoms with Crippen molar-refractivity contribution in [1.29, 1.82) is 0 Å². The Labute approximate surface area is 169 Å². The third kappa shape index (κ3) is 3.75. The second-order valence-electron chi connectivity index (χ2n) is 7.19. The van der Waals surface area contributed by atoms with E-state index in [0.29, 0.717) is 6.04 Å². The Kier molecular flexibility index (Phi) is 5.34. The summed E-state index contributed by atoms with van der Waals surface area (Å²) in [4.78, 5) is 9.53. The van der Waals surface area contributed by atoms with Gasteiger partial charge >= 0.3 is 0 Å². The smallest absolute Gasteiger partial charge is 0.184 e. The number of nitrogens with two attached hydrogens (primary N) is 1. The number of rotatable bonds is 4. The molecule has 0 spiro atoms. The van der Waals surface area contributed by atoms with Crippen molar-refractivity contribution >= 4 is 34.1 Å². The highest BCUT2D eigenvalue weighted by Crippen LogP contribution is 2.35. The molecular weight excluding hydrogens is 368 g/mol. The van der Waals surface area contributed by atoms with Gasteiger partial charge in [-0.05, 0) is 61.8 Å². The molecule has 28 heavy (non-hydrogen) atoms. The second kappa shape index (κ2) is 8.06. The van der Waals surface area contributed by atoms with E-state index in [9.17, 15) is 0 Å². The monoisotopic (exact) mass is 392 g/mol. The Morgan fingerprint density at radius 2 is 2.04 bits per heavy atom. The topological polar surface area (TPSA) is 81.1 Å². The zero-order chi connectivity index (χ0) is 19.5. The van der Waals surface area contributed by atoms with Crippen LogP contribution in [-0.2, 0) is 0 Å². The third-order valence-corrected chi connectivity index (χ3v) is 5.37. The Morgan fingerprint density at radius 3 is 2.75 bits per heavy atom. The van der Waals surface area contributed by atoms with Crippen molar-refractivity contribution in [2.24, 2.45) is 10.8 Å². The van der Waals surface area contributed by atoms with Crippen molar-refractivity contribution in [3.05, 3.63) is 48.2 Å². The number of nitrogens with one attached hydrogen (secondary N) is 1. The Balaban J connectivity index is 1.82. The van der Waals surface area contributed by atoms with Crippen molar-refractivity contribution in [2.45, 2.75) is 45.1 Å². The number of fused-ring (bicyclic) bond motifs is 1.